The lowest BCUT2D eigenvalue weighted by atomic mass is 10.2. The van der Waals surface area contributed by atoms with Gasteiger partial charge in [0.05, 0.1) is 14.2 Å². The van der Waals surface area contributed by atoms with Gasteiger partial charge < -0.3 is 19.7 Å². The third kappa shape index (κ3) is 6.82. The minimum absolute atomic E-state index is 0.0677. The molecule has 0 saturated carbocycles. The van der Waals surface area contributed by atoms with Gasteiger partial charge in [0.2, 0.25) is 0 Å². The number of amides is 1. The van der Waals surface area contributed by atoms with Crippen LogP contribution in [0.3, 0.4) is 0 Å². The number of quaternary nitrogens is 1. The standard InChI is InChI=1S/C19H21F3N2O3/c1-24(11-14-4-3-5-15(20)8-14)12-18(25)23-10-13-6-7-16(27-19(21)22)17(9-13)26-2/h3-9,19H,10-12H2,1-2H3,(H,23,25)/p+1. The van der Waals surface area contributed by atoms with Crippen molar-refractivity contribution >= 4 is 5.91 Å². The number of likely N-dealkylation sites (N-methyl/N-ethyl adjacent to an activating group) is 1. The molecule has 2 rings (SSSR count). The summed E-state index contributed by atoms with van der Waals surface area (Å²) >= 11 is 0. The van der Waals surface area contributed by atoms with E-state index in [2.05, 4.69) is 10.1 Å². The van der Waals surface area contributed by atoms with Crippen molar-refractivity contribution in [3.05, 3.63) is 59.4 Å². The Morgan fingerprint density at radius 3 is 2.59 bits per heavy atom. The molecule has 0 aliphatic heterocycles. The number of hydrogen-bond acceptors (Lipinski definition) is 3. The predicted octanol–water partition coefficient (Wildman–Crippen LogP) is 1.77. The smallest absolute Gasteiger partial charge is 0.387 e. The molecule has 0 aliphatic carbocycles. The fraction of sp³-hybridized carbons (Fsp3) is 0.316. The summed E-state index contributed by atoms with van der Waals surface area (Å²) in [7, 11) is 3.19. The Morgan fingerprint density at radius 1 is 1.15 bits per heavy atom. The van der Waals surface area contributed by atoms with Crippen molar-refractivity contribution in [2.24, 2.45) is 0 Å². The maximum Gasteiger partial charge on any atom is 0.387 e. The van der Waals surface area contributed by atoms with Gasteiger partial charge in [-0.25, -0.2) is 4.39 Å². The van der Waals surface area contributed by atoms with Crippen molar-refractivity contribution < 1.29 is 32.3 Å². The second-order valence-corrected chi connectivity index (χ2v) is 6.08. The number of hydrogen-bond donors (Lipinski definition) is 2. The van der Waals surface area contributed by atoms with Crippen LogP contribution in [0.15, 0.2) is 42.5 Å². The zero-order valence-electron chi connectivity index (χ0n) is 15.1. The Morgan fingerprint density at radius 2 is 1.93 bits per heavy atom. The molecule has 0 aliphatic rings. The van der Waals surface area contributed by atoms with E-state index in [0.717, 1.165) is 10.5 Å². The molecule has 27 heavy (non-hydrogen) atoms. The first-order chi connectivity index (χ1) is 12.9. The second kappa shape index (κ2) is 9.82. The fourth-order valence-electron chi connectivity index (χ4n) is 2.61. The first-order valence-corrected chi connectivity index (χ1v) is 8.31. The van der Waals surface area contributed by atoms with E-state index >= 15 is 0 Å². The van der Waals surface area contributed by atoms with E-state index in [1.807, 2.05) is 7.05 Å². The highest BCUT2D eigenvalue weighted by atomic mass is 19.3. The van der Waals surface area contributed by atoms with Crippen LogP contribution in [-0.4, -0.2) is 33.2 Å². The summed E-state index contributed by atoms with van der Waals surface area (Å²) in [6.45, 7) is -2.00. The Kier molecular flexibility index (Phi) is 7.48. The number of methoxy groups -OCH3 is 1. The third-order valence-corrected chi connectivity index (χ3v) is 3.79. The van der Waals surface area contributed by atoms with E-state index < -0.39 is 6.61 Å². The highest BCUT2D eigenvalue weighted by Gasteiger charge is 2.13. The van der Waals surface area contributed by atoms with Crippen LogP contribution in [0.4, 0.5) is 13.2 Å². The Labute approximate surface area is 155 Å². The molecule has 0 spiro atoms. The molecule has 2 N–H and O–H groups in total. The van der Waals surface area contributed by atoms with Crippen molar-refractivity contribution in [1.29, 1.82) is 0 Å². The van der Waals surface area contributed by atoms with Gasteiger partial charge in [-0.3, -0.25) is 4.79 Å². The maximum atomic E-state index is 13.2. The number of carbonyl (C=O) groups excluding carboxylic acids is 1. The number of carbonyl (C=O) groups is 1. The molecule has 0 aromatic heterocycles. The van der Waals surface area contributed by atoms with Crippen molar-refractivity contribution in [3.63, 3.8) is 0 Å². The van der Waals surface area contributed by atoms with Crippen molar-refractivity contribution in [1.82, 2.24) is 5.32 Å². The summed E-state index contributed by atoms with van der Waals surface area (Å²) in [4.78, 5) is 13.0. The van der Waals surface area contributed by atoms with Gasteiger partial charge in [-0.15, -0.1) is 0 Å². The Bertz CT molecular complexity index is 772. The molecular weight excluding hydrogens is 361 g/mol. The average molecular weight is 383 g/mol. The normalized spacial score (nSPS) is 11.9. The largest absolute Gasteiger partial charge is 0.493 e. The van der Waals surface area contributed by atoms with Crippen LogP contribution in [0.1, 0.15) is 11.1 Å². The zero-order chi connectivity index (χ0) is 19.8. The van der Waals surface area contributed by atoms with Crippen LogP contribution in [0, 0.1) is 5.82 Å². The van der Waals surface area contributed by atoms with E-state index in [9.17, 15) is 18.0 Å². The van der Waals surface area contributed by atoms with Gasteiger partial charge in [0, 0.05) is 12.1 Å². The van der Waals surface area contributed by atoms with E-state index in [1.54, 1.807) is 18.2 Å². The molecule has 2 aromatic carbocycles. The molecule has 0 radical (unpaired) electrons. The number of rotatable bonds is 9. The second-order valence-electron chi connectivity index (χ2n) is 6.08. The van der Waals surface area contributed by atoms with Gasteiger partial charge in [-0.05, 0) is 29.8 Å². The SMILES string of the molecule is COc1cc(CNC(=O)C[NH+](C)Cc2cccc(F)c2)ccc1OC(F)F. The molecular formula is C19H22F3N2O3+. The van der Waals surface area contributed by atoms with Crippen LogP contribution < -0.4 is 19.7 Å². The lowest BCUT2D eigenvalue weighted by Crippen LogP contribution is -3.08. The minimum Gasteiger partial charge on any atom is -0.493 e. The van der Waals surface area contributed by atoms with Crippen LogP contribution in [-0.2, 0) is 17.9 Å². The van der Waals surface area contributed by atoms with Gasteiger partial charge in [-0.1, -0.05) is 18.2 Å². The predicted molar refractivity (Wildman–Crippen MR) is 93.3 cm³/mol. The quantitative estimate of drug-likeness (QED) is 0.694. The van der Waals surface area contributed by atoms with E-state index in [-0.39, 0.29) is 36.3 Å². The molecule has 0 saturated heterocycles. The first-order valence-electron chi connectivity index (χ1n) is 8.31. The Hall–Kier alpha value is -2.74. The third-order valence-electron chi connectivity index (χ3n) is 3.79. The monoisotopic (exact) mass is 383 g/mol. The molecule has 1 amide bonds. The highest BCUT2D eigenvalue weighted by Crippen LogP contribution is 2.29. The lowest BCUT2D eigenvalue weighted by Gasteiger charge is -2.15. The van der Waals surface area contributed by atoms with Gasteiger partial charge in [0.1, 0.15) is 12.4 Å². The molecule has 0 bridgehead atoms. The summed E-state index contributed by atoms with van der Waals surface area (Å²) in [6.07, 6.45) is 0. The minimum atomic E-state index is -2.94. The van der Waals surface area contributed by atoms with Gasteiger partial charge >= 0.3 is 6.61 Å². The van der Waals surface area contributed by atoms with E-state index in [4.69, 9.17) is 4.74 Å². The molecule has 5 nitrogen and oxygen atoms in total. The number of nitrogens with one attached hydrogen (secondary N) is 2. The molecule has 8 heteroatoms. The molecule has 0 fully saturated rings. The van der Waals surface area contributed by atoms with Gasteiger partial charge in [0.25, 0.3) is 5.91 Å². The lowest BCUT2D eigenvalue weighted by molar-refractivity contribution is -0.885. The maximum absolute atomic E-state index is 13.2. The highest BCUT2D eigenvalue weighted by molar-refractivity contribution is 5.76. The van der Waals surface area contributed by atoms with Crippen molar-refractivity contribution in [2.45, 2.75) is 19.7 Å². The molecule has 1 atom stereocenters. The summed E-state index contributed by atoms with van der Waals surface area (Å²) in [5.74, 6) is -0.397. The van der Waals surface area contributed by atoms with Crippen LogP contribution in [0.25, 0.3) is 0 Å². The van der Waals surface area contributed by atoms with Gasteiger partial charge in [-0.2, -0.15) is 8.78 Å². The zero-order valence-corrected chi connectivity index (χ0v) is 15.1. The summed E-state index contributed by atoms with van der Waals surface area (Å²) < 4.78 is 47.3. The van der Waals surface area contributed by atoms with Crippen molar-refractivity contribution in [2.75, 3.05) is 20.7 Å². The fourth-order valence-corrected chi connectivity index (χ4v) is 2.61. The Balaban J connectivity index is 1.85. The summed E-state index contributed by atoms with van der Waals surface area (Å²) in [5.41, 5.74) is 1.49. The number of halogens is 3. The first kappa shape index (κ1) is 20.6. The average Bonchev–Trinajstić information content (AvgIpc) is 2.60. The van der Waals surface area contributed by atoms with E-state index in [1.165, 1.54) is 31.4 Å². The van der Waals surface area contributed by atoms with Gasteiger partial charge in [0.15, 0.2) is 18.0 Å². The summed E-state index contributed by atoms with van der Waals surface area (Å²) in [6, 6.07) is 10.7. The molecule has 146 valence electrons. The van der Waals surface area contributed by atoms with Crippen molar-refractivity contribution in [3.8, 4) is 11.5 Å². The molecule has 0 heterocycles. The summed E-state index contributed by atoms with van der Waals surface area (Å²) in [5, 5.41) is 2.76. The topological polar surface area (TPSA) is 52.0 Å². The number of ether oxygens (including phenoxy) is 2. The van der Waals surface area contributed by atoms with E-state index in [0.29, 0.717) is 12.1 Å². The molecule has 2 aromatic rings. The van der Waals surface area contributed by atoms with Crippen LogP contribution >= 0.6 is 0 Å². The van der Waals surface area contributed by atoms with Crippen LogP contribution in [0.2, 0.25) is 0 Å². The molecule has 1 unspecified atom stereocenters. The van der Waals surface area contributed by atoms with Crippen LogP contribution in [0.5, 0.6) is 11.5 Å². The number of alkyl halides is 2. The number of benzene rings is 2.